The van der Waals surface area contributed by atoms with Crippen molar-refractivity contribution in [1.29, 1.82) is 0 Å². The molecule has 54 heavy (non-hydrogen) atoms. The van der Waals surface area contributed by atoms with Gasteiger partial charge in [0.1, 0.15) is 22.9 Å². The average Bonchev–Trinajstić information content (AvgIpc) is 3.90. The fourth-order valence-electron chi connectivity index (χ4n) is 7.38. The number of thiophene rings is 1. The number of aliphatic imine (C=N–C) groups is 1. The van der Waals surface area contributed by atoms with Crippen molar-refractivity contribution in [2.45, 2.75) is 78.6 Å². The van der Waals surface area contributed by atoms with Crippen molar-refractivity contribution in [3.63, 3.8) is 0 Å². The Balaban J connectivity index is 0.957. The number of benzene rings is 2. The number of aryl methyl sites for hydroxylation is 2. The lowest BCUT2D eigenvalue weighted by atomic mass is 9.99. The van der Waals surface area contributed by atoms with Crippen LogP contribution in [0, 0.1) is 25.7 Å². The molecule has 8 rings (SSSR count). The van der Waals surface area contributed by atoms with Crippen molar-refractivity contribution < 1.29 is 14.4 Å². The van der Waals surface area contributed by atoms with E-state index in [1.54, 1.807) is 22.4 Å². The van der Waals surface area contributed by atoms with Crippen LogP contribution in [0.2, 0.25) is 5.02 Å². The van der Waals surface area contributed by atoms with E-state index < -0.39 is 11.9 Å². The van der Waals surface area contributed by atoms with Gasteiger partial charge in [0.25, 0.3) is 5.91 Å². The van der Waals surface area contributed by atoms with Crippen molar-refractivity contribution in [2.24, 2.45) is 4.99 Å². The number of imide groups is 1. The number of carbonyl (C=O) groups excluding carboxylic acids is 3. The Labute approximate surface area is 321 Å². The molecule has 0 saturated carbocycles. The zero-order valence-electron chi connectivity index (χ0n) is 30.3. The van der Waals surface area contributed by atoms with Crippen LogP contribution in [-0.2, 0) is 22.7 Å². The van der Waals surface area contributed by atoms with Gasteiger partial charge in [-0.3, -0.25) is 33.9 Å². The van der Waals surface area contributed by atoms with Gasteiger partial charge in [0, 0.05) is 47.4 Å². The van der Waals surface area contributed by atoms with E-state index in [4.69, 9.17) is 16.6 Å². The first kappa shape index (κ1) is 35.4. The summed E-state index contributed by atoms with van der Waals surface area (Å²) in [6.45, 7) is 9.25. The SMILES string of the molecule is C/C(=C/c1cccc2c1CN(C1CCC(=O)NC1=O)C2=O)CCCn1cc(C#Cc2sc3c(c2C)C(c2ccc(Cl)cc2)=N[C@@H](C)c2nnc(C)n2-3)cn1. The number of allylic oxidation sites excluding steroid dienone is 1. The zero-order valence-corrected chi connectivity index (χ0v) is 31.9. The molecule has 0 spiro atoms. The molecule has 3 aromatic heterocycles. The molecule has 3 amide bonds. The molecule has 6 heterocycles. The average molecular weight is 757 g/mol. The molecule has 272 valence electrons. The van der Waals surface area contributed by atoms with Crippen LogP contribution >= 0.6 is 22.9 Å². The third-order valence-corrected chi connectivity index (χ3v) is 11.6. The van der Waals surface area contributed by atoms with E-state index in [9.17, 15) is 14.4 Å². The number of piperidine rings is 1. The topological polar surface area (TPSA) is 127 Å². The normalized spacial score (nSPS) is 18.0. The number of aromatic nitrogens is 5. The summed E-state index contributed by atoms with van der Waals surface area (Å²) in [4.78, 5) is 45.0. The van der Waals surface area contributed by atoms with E-state index >= 15 is 0 Å². The molecule has 1 fully saturated rings. The van der Waals surface area contributed by atoms with Gasteiger partial charge < -0.3 is 4.90 Å². The molecule has 1 unspecified atom stereocenters. The Morgan fingerprint density at radius 2 is 1.91 bits per heavy atom. The molecule has 3 aliphatic heterocycles. The van der Waals surface area contributed by atoms with Crippen LogP contribution in [0.4, 0.5) is 0 Å². The molecule has 0 radical (unpaired) electrons. The highest BCUT2D eigenvalue weighted by Gasteiger charge is 2.39. The second-order valence-electron chi connectivity index (χ2n) is 13.9. The summed E-state index contributed by atoms with van der Waals surface area (Å²) in [5.74, 6) is 7.49. The number of amides is 3. The number of nitrogens with one attached hydrogen (secondary N) is 1. The summed E-state index contributed by atoms with van der Waals surface area (Å²) in [6, 6.07) is 12.7. The molecular formula is C41H37ClN8O3S. The van der Waals surface area contributed by atoms with Crippen molar-refractivity contribution in [3.05, 3.63) is 121 Å². The Morgan fingerprint density at radius 3 is 2.70 bits per heavy atom. The van der Waals surface area contributed by atoms with Gasteiger partial charge in [-0.15, -0.1) is 21.5 Å². The Morgan fingerprint density at radius 1 is 1.09 bits per heavy atom. The molecule has 2 atom stereocenters. The van der Waals surface area contributed by atoms with Gasteiger partial charge in [0.05, 0.1) is 22.3 Å². The molecular weight excluding hydrogens is 720 g/mol. The summed E-state index contributed by atoms with van der Waals surface area (Å²) in [6.07, 6.45) is 8.19. The van der Waals surface area contributed by atoms with E-state index in [2.05, 4.69) is 56.9 Å². The van der Waals surface area contributed by atoms with Gasteiger partial charge in [-0.05, 0) is 81.8 Å². The molecule has 2 aromatic carbocycles. The largest absolute Gasteiger partial charge is 0.322 e. The van der Waals surface area contributed by atoms with Crippen molar-refractivity contribution in [1.82, 2.24) is 34.8 Å². The number of halogens is 1. The molecule has 1 saturated heterocycles. The van der Waals surface area contributed by atoms with Crippen molar-refractivity contribution >= 4 is 52.4 Å². The van der Waals surface area contributed by atoms with Gasteiger partial charge >= 0.3 is 0 Å². The number of rotatable bonds is 7. The van der Waals surface area contributed by atoms with E-state index in [0.29, 0.717) is 23.6 Å². The Hall–Kier alpha value is -5.64. The number of nitrogens with zero attached hydrogens (tertiary/aromatic N) is 7. The molecule has 5 aromatic rings. The maximum absolute atomic E-state index is 13.2. The lowest BCUT2D eigenvalue weighted by Crippen LogP contribution is -2.52. The predicted octanol–water partition coefficient (Wildman–Crippen LogP) is 6.75. The summed E-state index contributed by atoms with van der Waals surface area (Å²) < 4.78 is 4.02. The summed E-state index contributed by atoms with van der Waals surface area (Å²) in [5, 5.41) is 17.5. The minimum absolute atomic E-state index is 0.167. The van der Waals surface area contributed by atoms with Crippen molar-refractivity contribution in [2.75, 3.05) is 0 Å². The van der Waals surface area contributed by atoms with Crippen LogP contribution in [-0.4, -0.2) is 58.9 Å². The first-order chi connectivity index (χ1) is 26.0. The maximum Gasteiger partial charge on any atom is 0.255 e. The van der Waals surface area contributed by atoms with Crippen LogP contribution in [0.3, 0.4) is 0 Å². The van der Waals surface area contributed by atoms with Gasteiger partial charge in [0.15, 0.2) is 5.82 Å². The second-order valence-corrected chi connectivity index (χ2v) is 15.4. The Kier molecular flexibility index (Phi) is 9.37. The maximum atomic E-state index is 13.2. The quantitative estimate of drug-likeness (QED) is 0.145. The summed E-state index contributed by atoms with van der Waals surface area (Å²) >= 11 is 7.85. The monoisotopic (exact) mass is 756 g/mol. The Bertz CT molecular complexity index is 2480. The number of fused-ring (bicyclic) bond motifs is 4. The third kappa shape index (κ3) is 6.58. The third-order valence-electron chi connectivity index (χ3n) is 10.2. The van der Waals surface area contributed by atoms with Crippen molar-refractivity contribution in [3.8, 4) is 16.8 Å². The smallest absolute Gasteiger partial charge is 0.255 e. The molecule has 11 nitrogen and oxygen atoms in total. The minimum atomic E-state index is -0.632. The highest BCUT2D eigenvalue weighted by Crippen LogP contribution is 2.39. The fourth-order valence-corrected chi connectivity index (χ4v) is 8.72. The number of carbonyl (C=O) groups is 3. The zero-order chi connectivity index (χ0) is 37.7. The first-order valence-corrected chi connectivity index (χ1v) is 19.1. The molecule has 3 aliphatic rings. The molecule has 0 aliphatic carbocycles. The van der Waals surface area contributed by atoms with Crippen LogP contribution in [0.5, 0.6) is 0 Å². The van der Waals surface area contributed by atoms with Gasteiger partial charge in [-0.25, -0.2) is 0 Å². The fraction of sp³-hybridized carbons (Fsp3) is 0.293. The minimum Gasteiger partial charge on any atom is -0.322 e. The van der Waals surface area contributed by atoms with Crippen LogP contribution in [0.25, 0.3) is 11.1 Å². The van der Waals surface area contributed by atoms with Gasteiger partial charge in [-0.1, -0.05) is 59.4 Å². The van der Waals surface area contributed by atoms with Gasteiger partial charge in [0.2, 0.25) is 11.8 Å². The first-order valence-electron chi connectivity index (χ1n) is 17.9. The van der Waals surface area contributed by atoms with Gasteiger partial charge in [-0.2, -0.15) is 5.10 Å². The predicted molar refractivity (Wildman–Crippen MR) is 208 cm³/mol. The molecule has 1 N–H and O–H groups in total. The lowest BCUT2D eigenvalue weighted by Gasteiger charge is -2.29. The van der Waals surface area contributed by atoms with E-state index in [0.717, 1.165) is 80.0 Å². The molecule has 0 bridgehead atoms. The highest BCUT2D eigenvalue weighted by molar-refractivity contribution is 7.15. The van der Waals surface area contributed by atoms with Crippen LogP contribution in [0.15, 0.2) is 65.4 Å². The summed E-state index contributed by atoms with van der Waals surface area (Å²) in [5.41, 5.74) is 8.46. The number of hydrogen-bond donors (Lipinski definition) is 1. The second kappa shape index (κ2) is 14.3. The summed E-state index contributed by atoms with van der Waals surface area (Å²) in [7, 11) is 0. The van der Waals surface area contributed by atoms with E-state index in [-0.39, 0.29) is 24.3 Å². The standard InChI is InChI=1S/C41H37ClN8O3S/c1-23(19-29-8-5-9-31-32(29)22-49(40(31)53)33-15-17-35(51)45-39(33)52)7-6-18-48-21-27(20-43-48)10-16-34-24(2)36-37(28-11-13-30(42)14-12-28)44-25(3)38-47-46-26(4)50(38)41(36)54-34/h5,8-9,11-14,19-21,25,33H,6-7,15,17-18,22H2,1-4H3,(H,45,51,52)/b23-19-/t25-,33?/m0/s1. The molecule has 13 heteroatoms. The van der Waals surface area contributed by atoms with E-state index in [1.165, 1.54) is 5.57 Å². The van der Waals surface area contributed by atoms with E-state index in [1.807, 2.05) is 67.2 Å². The highest BCUT2D eigenvalue weighted by atomic mass is 35.5. The van der Waals surface area contributed by atoms with Crippen LogP contribution in [0.1, 0.15) is 106 Å². The van der Waals surface area contributed by atoms with Crippen LogP contribution < -0.4 is 5.32 Å². The number of hydrogen-bond acceptors (Lipinski definition) is 8. The lowest BCUT2D eigenvalue weighted by molar-refractivity contribution is -0.136.